The standard InChI is InChI=1S/C21H21N3O4/c22-19(25)15-10-18-20(11-27-12-20)13-28-17-4-3-14(9-16(17)24(18)23-15)5-8-21(26)6-1-2-7-21/h3-4,9-10,26H,1-2,6-7,11-13H2,(H2,22,25). The van der Waals surface area contributed by atoms with Crippen molar-refractivity contribution >= 4 is 5.91 Å². The lowest BCUT2D eigenvalue weighted by Gasteiger charge is -2.39. The lowest BCUT2D eigenvalue weighted by molar-refractivity contribution is -0.0807. The van der Waals surface area contributed by atoms with Crippen LogP contribution in [-0.2, 0) is 10.2 Å². The van der Waals surface area contributed by atoms with Gasteiger partial charge in [-0.05, 0) is 49.9 Å². The molecule has 0 atom stereocenters. The van der Waals surface area contributed by atoms with Crippen LogP contribution in [0.2, 0.25) is 0 Å². The van der Waals surface area contributed by atoms with Crippen molar-refractivity contribution in [1.29, 1.82) is 0 Å². The molecule has 2 aromatic rings. The van der Waals surface area contributed by atoms with Gasteiger partial charge >= 0.3 is 0 Å². The number of aromatic nitrogens is 2. The Balaban J connectivity index is 1.60. The Bertz CT molecular complexity index is 1020. The van der Waals surface area contributed by atoms with Gasteiger partial charge in [0.2, 0.25) is 0 Å². The molecule has 1 saturated heterocycles. The number of primary amides is 1. The molecule has 0 bridgehead atoms. The largest absolute Gasteiger partial charge is 0.490 e. The molecule has 7 heteroatoms. The number of ether oxygens (including phenoxy) is 2. The molecule has 1 aromatic heterocycles. The summed E-state index contributed by atoms with van der Waals surface area (Å²) in [6.45, 7) is 1.45. The summed E-state index contributed by atoms with van der Waals surface area (Å²) in [5.41, 5.74) is 6.76. The highest BCUT2D eigenvalue weighted by Crippen LogP contribution is 2.40. The first-order chi connectivity index (χ1) is 13.5. The van der Waals surface area contributed by atoms with E-state index < -0.39 is 11.5 Å². The summed E-state index contributed by atoms with van der Waals surface area (Å²) in [7, 11) is 0. The maximum atomic E-state index is 11.7. The quantitative estimate of drug-likeness (QED) is 0.728. The first kappa shape index (κ1) is 17.3. The second-order valence-electron chi connectivity index (χ2n) is 7.92. The van der Waals surface area contributed by atoms with E-state index in [0.29, 0.717) is 44.1 Å². The molecule has 0 unspecified atom stereocenters. The summed E-state index contributed by atoms with van der Waals surface area (Å²) in [6, 6.07) is 7.33. The maximum Gasteiger partial charge on any atom is 0.269 e. The van der Waals surface area contributed by atoms with Gasteiger partial charge in [-0.1, -0.05) is 11.8 Å². The summed E-state index contributed by atoms with van der Waals surface area (Å²) >= 11 is 0. The monoisotopic (exact) mass is 379 g/mol. The second kappa shape index (κ2) is 6.09. The third-order valence-corrected chi connectivity index (χ3v) is 5.82. The van der Waals surface area contributed by atoms with Crippen molar-refractivity contribution < 1.29 is 19.4 Å². The second-order valence-corrected chi connectivity index (χ2v) is 7.92. The molecule has 1 spiro atoms. The van der Waals surface area contributed by atoms with E-state index in [0.717, 1.165) is 24.1 Å². The smallest absolute Gasteiger partial charge is 0.269 e. The van der Waals surface area contributed by atoms with E-state index in [-0.39, 0.29) is 11.1 Å². The highest BCUT2D eigenvalue weighted by Gasteiger charge is 2.46. The maximum absolute atomic E-state index is 11.7. The molecule has 0 radical (unpaired) electrons. The molecule has 28 heavy (non-hydrogen) atoms. The van der Waals surface area contributed by atoms with Crippen LogP contribution < -0.4 is 10.5 Å². The predicted octanol–water partition coefficient (Wildman–Crippen LogP) is 1.29. The van der Waals surface area contributed by atoms with Gasteiger partial charge in [0.25, 0.3) is 5.91 Å². The lowest BCUT2D eigenvalue weighted by Crippen LogP contribution is -2.51. The average molecular weight is 379 g/mol. The minimum Gasteiger partial charge on any atom is -0.490 e. The molecule has 7 nitrogen and oxygen atoms in total. The zero-order valence-electron chi connectivity index (χ0n) is 15.4. The van der Waals surface area contributed by atoms with E-state index in [1.807, 2.05) is 18.2 Å². The molecule has 3 aliphatic rings. The van der Waals surface area contributed by atoms with E-state index in [1.165, 1.54) is 0 Å². The molecule has 3 heterocycles. The Kier molecular flexibility index (Phi) is 3.76. The number of hydrogen-bond donors (Lipinski definition) is 2. The van der Waals surface area contributed by atoms with E-state index in [2.05, 4.69) is 16.9 Å². The first-order valence-corrected chi connectivity index (χ1v) is 9.49. The van der Waals surface area contributed by atoms with Crippen LogP contribution in [0.3, 0.4) is 0 Å². The van der Waals surface area contributed by atoms with Gasteiger partial charge in [-0.3, -0.25) is 4.79 Å². The Morgan fingerprint density at radius 3 is 2.68 bits per heavy atom. The molecule has 1 amide bonds. The number of benzene rings is 1. The van der Waals surface area contributed by atoms with E-state index in [4.69, 9.17) is 15.2 Å². The third-order valence-electron chi connectivity index (χ3n) is 5.82. The van der Waals surface area contributed by atoms with Crippen LogP contribution in [0.5, 0.6) is 5.75 Å². The molecule has 2 aliphatic heterocycles. The first-order valence-electron chi connectivity index (χ1n) is 9.49. The van der Waals surface area contributed by atoms with Gasteiger partial charge in [-0.15, -0.1) is 0 Å². The number of carbonyl (C=O) groups is 1. The average Bonchev–Trinajstić information content (AvgIpc) is 3.25. The van der Waals surface area contributed by atoms with Crippen LogP contribution in [0, 0.1) is 11.8 Å². The number of fused-ring (bicyclic) bond motifs is 4. The van der Waals surface area contributed by atoms with Gasteiger partial charge in [-0.25, -0.2) is 4.68 Å². The minimum absolute atomic E-state index is 0.214. The van der Waals surface area contributed by atoms with Crippen molar-refractivity contribution in [2.75, 3.05) is 19.8 Å². The fourth-order valence-electron chi connectivity index (χ4n) is 4.09. The fraction of sp³-hybridized carbons (Fsp3) is 0.429. The summed E-state index contributed by atoms with van der Waals surface area (Å²) in [5, 5.41) is 14.9. The number of aliphatic hydroxyl groups is 1. The van der Waals surface area contributed by atoms with Gasteiger partial charge in [0, 0.05) is 5.56 Å². The van der Waals surface area contributed by atoms with Crippen molar-refractivity contribution in [3.63, 3.8) is 0 Å². The normalized spacial score (nSPS) is 20.8. The van der Waals surface area contributed by atoms with Crippen molar-refractivity contribution in [3.05, 3.63) is 41.2 Å². The minimum atomic E-state index is -0.896. The topological polar surface area (TPSA) is 99.6 Å². The highest BCUT2D eigenvalue weighted by molar-refractivity contribution is 5.91. The summed E-state index contributed by atoms with van der Waals surface area (Å²) in [4.78, 5) is 11.7. The SMILES string of the molecule is NC(=O)c1cc2n(n1)-c1cc(C#CC3(O)CCCC3)ccc1OCC21COC1. The van der Waals surface area contributed by atoms with Crippen LogP contribution in [-0.4, -0.2) is 46.2 Å². The van der Waals surface area contributed by atoms with E-state index in [9.17, 15) is 9.90 Å². The predicted molar refractivity (Wildman–Crippen MR) is 100 cm³/mol. The molecule has 2 fully saturated rings. The van der Waals surface area contributed by atoms with Crippen LogP contribution in [0.1, 0.15) is 47.4 Å². The van der Waals surface area contributed by atoms with E-state index >= 15 is 0 Å². The van der Waals surface area contributed by atoms with Gasteiger partial charge in [-0.2, -0.15) is 5.10 Å². The van der Waals surface area contributed by atoms with Crippen molar-refractivity contribution in [2.45, 2.75) is 36.7 Å². The Morgan fingerprint density at radius 2 is 2.00 bits per heavy atom. The number of nitrogens with zero attached hydrogens (tertiary/aromatic N) is 2. The molecule has 1 aromatic carbocycles. The Labute approximate surface area is 162 Å². The third kappa shape index (κ3) is 2.68. The van der Waals surface area contributed by atoms with Crippen LogP contribution in [0.25, 0.3) is 5.69 Å². The number of rotatable bonds is 1. The zero-order valence-corrected chi connectivity index (χ0v) is 15.4. The summed E-state index contributed by atoms with van der Waals surface area (Å²) < 4.78 is 13.2. The highest BCUT2D eigenvalue weighted by atomic mass is 16.5. The molecular weight excluding hydrogens is 358 g/mol. The molecule has 3 N–H and O–H groups in total. The summed E-state index contributed by atoms with van der Waals surface area (Å²) in [6.07, 6.45) is 3.42. The number of nitrogens with two attached hydrogens (primary N) is 1. The van der Waals surface area contributed by atoms with Crippen molar-refractivity contribution in [2.24, 2.45) is 5.73 Å². The van der Waals surface area contributed by atoms with Gasteiger partial charge in [0.1, 0.15) is 23.6 Å². The zero-order chi connectivity index (χ0) is 19.4. The number of hydrogen-bond acceptors (Lipinski definition) is 5. The molecule has 1 aliphatic carbocycles. The van der Waals surface area contributed by atoms with Crippen molar-refractivity contribution in [1.82, 2.24) is 9.78 Å². The van der Waals surface area contributed by atoms with Crippen LogP contribution >= 0.6 is 0 Å². The molecule has 1 saturated carbocycles. The van der Waals surface area contributed by atoms with Gasteiger partial charge in [0.05, 0.1) is 24.3 Å². The van der Waals surface area contributed by atoms with Gasteiger partial charge < -0.3 is 20.3 Å². The number of amides is 1. The van der Waals surface area contributed by atoms with Crippen LogP contribution in [0.15, 0.2) is 24.3 Å². The summed E-state index contributed by atoms with van der Waals surface area (Å²) in [5.74, 6) is 6.21. The molecule has 5 rings (SSSR count). The lowest BCUT2D eigenvalue weighted by atomic mass is 9.83. The van der Waals surface area contributed by atoms with Gasteiger partial charge in [0.15, 0.2) is 5.69 Å². The number of carbonyl (C=O) groups excluding carboxylic acids is 1. The van der Waals surface area contributed by atoms with E-state index in [1.54, 1.807) is 10.7 Å². The molecular formula is C21H21N3O4. The Hall–Kier alpha value is -2.82. The molecule has 144 valence electrons. The van der Waals surface area contributed by atoms with Crippen molar-refractivity contribution in [3.8, 4) is 23.3 Å². The Morgan fingerprint density at radius 1 is 1.21 bits per heavy atom. The fourth-order valence-corrected chi connectivity index (χ4v) is 4.09. The van der Waals surface area contributed by atoms with Crippen LogP contribution in [0.4, 0.5) is 0 Å².